The van der Waals surface area contributed by atoms with Gasteiger partial charge in [-0.1, -0.05) is 6.08 Å². The topological polar surface area (TPSA) is 52.3 Å². The number of hydrogen-bond donors (Lipinski definition) is 1. The van der Waals surface area contributed by atoms with Gasteiger partial charge in [0.2, 0.25) is 0 Å². The summed E-state index contributed by atoms with van der Waals surface area (Å²) in [4.78, 5) is 10.5. The second kappa shape index (κ2) is 3.99. The molecule has 0 aliphatic carbocycles. The van der Waals surface area contributed by atoms with Crippen LogP contribution in [0.2, 0.25) is 0 Å². The third-order valence-corrected chi connectivity index (χ3v) is 0.914. The van der Waals surface area contributed by atoms with Crippen LogP contribution in [0.15, 0.2) is 11.8 Å². The highest BCUT2D eigenvalue weighted by atomic mass is 19.4. The van der Waals surface area contributed by atoms with Gasteiger partial charge < -0.3 is 10.5 Å². The molecule has 0 saturated carbocycles. The molecular formula is C6H8F3NO2. The van der Waals surface area contributed by atoms with Crippen molar-refractivity contribution in [3.8, 4) is 0 Å². The lowest BCUT2D eigenvalue weighted by Crippen LogP contribution is -2.23. The molecule has 0 unspecified atom stereocenters. The van der Waals surface area contributed by atoms with Crippen LogP contribution in [0, 0.1) is 0 Å². The van der Waals surface area contributed by atoms with E-state index in [1.54, 1.807) is 0 Å². The molecule has 0 bridgehead atoms. The standard InChI is InChI=1S/C6H8F3NO2/c1-2-4(10)5(11)12-3-6(7,8)9/h2H,3,10H2,1H3/b4-2-. The van der Waals surface area contributed by atoms with Gasteiger partial charge in [-0.15, -0.1) is 0 Å². The Kier molecular flexibility index (Phi) is 3.59. The zero-order chi connectivity index (χ0) is 9.78. The molecule has 0 amide bonds. The Hall–Kier alpha value is -1.20. The van der Waals surface area contributed by atoms with Crippen molar-refractivity contribution in [1.82, 2.24) is 0 Å². The molecule has 0 aliphatic heterocycles. The van der Waals surface area contributed by atoms with E-state index in [9.17, 15) is 18.0 Å². The fourth-order valence-corrected chi connectivity index (χ4v) is 0.349. The molecule has 0 aromatic heterocycles. The molecule has 70 valence electrons. The third-order valence-electron chi connectivity index (χ3n) is 0.914. The molecule has 0 fully saturated rings. The number of esters is 1. The van der Waals surface area contributed by atoms with Gasteiger partial charge in [-0.3, -0.25) is 0 Å². The number of allylic oxidation sites excluding steroid dienone is 1. The Morgan fingerprint density at radius 2 is 2.08 bits per heavy atom. The van der Waals surface area contributed by atoms with Crippen LogP contribution in [0.25, 0.3) is 0 Å². The predicted molar refractivity (Wildman–Crippen MR) is 35.0 cm³/mol. The lowest BCUT2D eigenvalue weighted by molar-refractivity contribution is -0.183. The first kappa shape index (κ1) is 10.8. The van der Waals surface area contributed by atoms with Crippen molar-refractivity contribution in [1.29, 1.82) is 0 Å². The van der Waals surface area contributed by atoms with Crippen LogP contribution >= 0.6 is 0 Å². The van der Waals surface area contributed by atoms with E-state index in [1.165, 1.54) is 13.0 Å². The van der Waals surface area contributed by atoms with Crippen molar-refractivity contribution in [3.63, 3.8) is 0 Å². The van der Waals surface area contributed by atoms with Gasteiger partial charge in [-0.25, -0.2) is 4.79 Å². The lowest BCUT2D eigenvalue weighted by Gasteiger charge is -2.06. The fourth-order valence-electron chi connectivity index (χ4n) is 0.349. The molecular weight excluding hydrogens is 175 g/mol. The van der Waals surface area contributed by atoms with Gasteiger partial charge >= 0.3 is 12.1 Å². The minimum Gasteiger partial charge on any atom is -0.451 e. The first-order chi connectivity index (χ1) is 5.37. The molecule has 6 heteroatoms. The van der Waals surface area contributed by atoms with E-state index in [0.29, 0.717) is 0 Å². The molecule has 2 N–H and O–H groups in total. The molecule has 0 saturated heterocycles. The maximum absolute atomic E-state index is 11.4. The zero-order valence-electron chi connectivity index (χ0n) is 6.31. The third kappa shape index (κ3) is 4.59. The highest BCUT2D eigenvalue weighted by molar-refractivity contribution is 5.87. The van der Waals surface area contributed by atoms with Crippen molar-refractivity contribution in [2.45, 2.75) is 13.1 Å². The van der Waals surface area contributed by atoms with Crippen LogP contribution < -0.4 is 5.73 Å². The smallest absolute Gasteiger partial charge is 0.422 e. The Balaban J connectivity index is 3.89. The molecule has 3 nitrogen and oxygen atoms in total. The predicted octanol–water partition coefficient (Wildman–Crippen LogP) is 0.954. The first-order valence-corrected chi connectivity index (χ1v) is 3.02. The van der Waals surface area contributed by atoms with Crippen molar-refractivity contribution in [3.05, 3.63) is 11.8 Å². The van der Waals surface area contributed by atoms with Crippen LogP contribution in [0.5, 0.6) is 0 Å². The normalized spacial score (nSPS) is 12.8. The van der Waals surface area contributed by atoms with E-state index in [-0.39, 0.29) is 5.70 Å². The van der Waals surface area contributed by atoms with Gasteiger partial charge in [-0.2, -0.15) is 13.2 Å². The number of nitrogens with two attached hydrogens (primary N) is 1. The molecule has 0 radical (unpaired) electrons. The van der Waals surface area contributed by atoms with Gasteiger partial charge in [0, 0.05) is 0 Å². The maximum atomic E-state index is 11.4. The van der Waals surface area contributed by atoms with Gasteiger partial charge in [0.1, 0.15) is 5.70 Å². The summed E-state index contributed by atoms with van der Waals surface area (Å²) < 4.78 is 38.1. The average Bonchev–Trinajstić information content (AvgIpc) is 1.97. The number of ether oxygens (including phenoxy) is 1. The van der Waals surface area contributed by atoms with E-state index in [1.807, 2.05) is 0 Å². The number of carbonyl (C=O) groups excluding carboxylic acids is 1. The molecule has 0 aromatic carbocycles. The lowest BCUT2D eigenvalue weighted by atomic mass is 10.4. The van der Waals surface area contributed by atoms with E-state index in [4.69, 9.17) is 5.73 Å². The largest absolute Gasteiger partial charge is 0.451 e. The highest BCUT2D eigenvalue weighted by Crippen LogP contribution is 2.14. The summed E-state index contributed by atoms with van der Waals surface area (Å²) in [6, 6.07) is 0. The fraction of sp³-hybridized carbons (Fsp3) is 0.500. The quantitative estimate of drug-likeness (QED) is 0.512. The zero-order valence-corrected chi connectivity index (χ0v) is 6.31. The second-order valence-corrected chi connectivity index (χ2v) is 1.94. The molecule has 12 heavy (non-hydrogen) atoms. The molecule has 0 aliphatic rings. The average molecular weight is 183 g/mol. The van der Waals surface area contributed by atoms with Crippen molar-refractivity contribution >= 4 is 5.97 Å². The molecule has 0 aromatic rings. The first-order valence-electron chi connectivity index (χ1n) is 3.02. The van der Waals surface area contributed by atoms with Gasteiger partial charge in [-0.05, 0) is 6.92 Å². The van der Waals surface area contributed by atoms with Crippen LogP contribution in [0.4, 0.5) is 13.2 Å². The van der Waals surface area contributed by atoms with E-state index in [0.717, 1.165) is 0 Å². The Morgan fingerprint density at radius 1 is 1.58 bits per heavy atom. The summed E-state index contributed by atoms with van der Waals surface area (Å²) in [5, 5.41) is 0. The number of halogens is 3. The summed E-state index contributed by atoms with van der Waals surface area (Å²) in [6.45, 7) is -0.190. The maximum Gasteiger partial charge on any atom is 0.422 e. The summed E-state index contributed by atoms with van der Waals surface area (Å²) in [6.07, 6.45) is -3.34. The Bertz CT molecular complexity index is 197. The molecule has 0 atom stereocenters. The van der Waals surface area contributed by atoms with Gasteiger partial charge in [0.05, 0.1) is 0 Å². The summed E-state index contributed by atoms with van der Waals surface area (Å²) in [5.74, 6) is -1.16. The minimum atomic E-state index is -4.51. The summed E-state index contributed by atoms with van der Waals surface area (Å²) in [5.41, 5.74) is 4.63. The second-order valence-electron chi connectivity index (χ2n) is 1.94. The highest BCUT2D eigenvalue weighted by Gasteiger charge is 2.29. The van der Waals surface area contributed by atoms with Crippen LogP contribution in [-0.2, 0) is 9.53 Å². The van der Waals surface area contributed by atoms with Crippen LogP contribution in [0.3, 0.4) is 0 Å². The molecule has 0 heterocycles. The van der Waals surface area contributed by atoms with E-state index < -0.39 is 18.8 Å². The van der Waals surface area contributed by atoms with Gasteiger partial charge in [0.25, 0.3) is 0 Å². The van der Waals surface area contributed by atoms with Crippen molar-refractivity contribution in [2.75, 3.05) is 6.61 Å². The van der Waals surface area contributed by atoms with E-state index in [2.05, 4.69) is 4.74 Å². The Morgan fingerprint density at radius 3 is 2.42 bits per heavy atom. The number of rotatable bonds is 2. The number of carbonyl (C=O) groups is 1. The van der Waals surface area contributed by atoms with Gasteiger partial charge in [0.15, 0.2) is 6.61 Å². The molecule has 0 spiro atoms. The SMILES string of the molecule is C/C=C(\N)C(=O)OCC(F)(F)F. The van der Waals surface area contributed by atoms with Crippen LogP contribution in [-0.4, -0.2) is 18.8 Å². The van der Waals surface area contributed by atoms with Crippen molar-refractivity contribution < 1.29 is 22.7 Å². The summed E-state index contributed by atoms with van der Waals surface area (Å²) >= 11 is 0. The van der Waals surface area contributed by atoms with Crippen molar-refractivity contribution in [2.24, 2.45) is 5.73 Å². The monoisotopic (exact) mass is 183 g/mol. The number of hydrogen-bond acceptors (Lipinski definition) is 3. The van der Waals surface area contributed by atoms with Crippen LogP contribution in [0.1, 0.15) is 6.92 Å². The minimum absolute atomic E-state index is 0.334. The molecule has 0 rings (SSSR count). The Labute approximate surface area is 67.0 Å². The summed E-state index contributed by atoms with van der Waals surface area (Å²) in [7, 11) is 0. The number of alkyl halides is 3. The van der Waals surface area contributed by atoms with E-state index >= 15 is 0 Å².